The average molecular weight is 862 g/mol. The molecule has 0 saturated carbocycles. The van der Waals surface area contributed by atoms with Crippen LogP contribution >= 0.6 is 0 Å². The molecule has 60 heavy (non-hydrogen) atoms. The standard InChI is InChI=1S/C46H87NO13/c1-3-5-7-9-11-13-14-15-16-17-18-19-20-22-24-26-28-30-38(51)47-34(35(50)29-27-25-23-21-12-10-8-6-4-2)33-57-45-43(56)41(54)44(37(32-49)59-45)60-46-42(55)40(53)39(52)36(31-48)58-46/h27,29,34-37,39-46,48-50,52-56H,3-26,28,30-33H2,1-2H3,(H,47,51)/b29-27+/t34-,35+,36+,37+,39-,40?,41?,42?,43?,44+,45+,46-/m0/s1. The highest BCUT2D eigenvalue weighted by Crippen LogP contribution is 2.30. The Morgan fingerprint density at radius 2 is 1.03 bits per heavy atom. The van der Waals surface area contributed by atoms with Gasteiger partial charge in [-0.05, 0) is 19.3 Å². The van der Waals surface area contributed by atoms with E-state index in [1.807, 2.05) is 6.08 Å². The maximum Gasteiger partial charge on any atom is 0.220 e. The summed E-state index contributed by atoms with van der Waals surface area (Å²) in [5, 5.41) is 86.4. The molecule has 2 saturated heterocycles. The Hall–Kier alpha value is -1.27. The summed E-state index contributed by atoms with van der Waals surface area (Å²) >= 11 is 0. The van der Waals surface area contributed by atoms with E-state index in [9.17, 15) is 45.6 Å². The second-order valence-electron chi connectivity index (χ2n) is 17.2. The quantitative estimate of drug-likeness (QED) is 0.0292. The number of amides is 1. The van der Waals surface area contributed by atoms with Crippen LogP contribution in [0, 0.1) is 0 Å². The van der Waals surface area contributed by atoms with E-state index in [0.717, 1.165) is 38.5 Å². The van der Waals surface area contributed by atoms with Gasteiger partial charge in [-0.2, -0.15) is 0 Å². The zero-order valence-electron chi connectivity index (χ0n) is 37.2. The first-order valence-electron chi connectivity index (χ1n) is 23.9. The summed E-state index contributed by atoms with van der Waals surface area (Å²) in [7, 11) is 0. The van der Waals surface area contributed by atoms with Gasteiger partial charge in [-0.1, -0.05) is 167 Å². The van der Waals surface area contributed by atoms with Gasteiger partial charge in [0.1, 0.15) is 48.8 Å². The van der Waals surface area contributed by atoms with E-state index in [0.29, 0.717) is 6.42 Å². The molecule has 14 heteroatoms. The summed E-state index contributed by atoms with van der Waals surface area (Å²) in [6, 6.07) is -0.905. The third-order valence-corrected chi connectivity index (χ3v) is 12.0. The van der Waals surface area contributed by atoms with Crippen LogP contribution in [0.15, 0.2) is 12.2 Å². The molecule has 0 aromatic heterocycles. The van der Waals surface area contributed by atoms with Gasteiger partial charge in [-0.25, -0.2) is 0 Å². The number of unbranched alkanes of at least 4 members (excludes halogenated alkanes) is 23. The van der Waals surface area contributed by atoms with E-state index in [1.165, 1.54) is 116 Å². The Kier molecular flexibility index (Phi) is 31.3. The number of allylic oxidation sites excluding steroid dienone is 1. The lowest BCUT2D eigenvalue weighted by molar-refractivity contribution is -0.359. The van der Waals surface area contributed by atoms with Crippen LogP contribution in [0.4, 0.5) is 0 Å². The van der Waals surface area contributed by atoms with Crippen LogP contribution in [-0.2, 0) is 23.7 Å². The van der Waals surface area contributed by atoms with Crippen molar-refractivity contribution in [2.24, 2.45) is 0 Å². The molecule has 2 aliphatic rings. The lowest BCUT2D eigenvalue weighted by Crippen LogP contribution is -2.65. The van der Waals surface area contributed by atoms with Crippen molar-refractivity contribution in [3.8, 4) is 0 Å². The van der Waals surface area contributed by atoms with Gasteiger partial charge in [0.2, 0.25) is 5.91 Å². The van der Waals surface area contributed by atoms with E-state index in [1.54, 1.807) is 6.08 Å². The molecule has 2 fully saturated rings. The number of aliphatic hydroxyl groups is 8. The fourth-order valence-electron chi connectivity index (χ4n) is 8.00. The van der Waals surface area contributed by atoms with Gasteiger partial charge in [-0.3, -0.25) is 4.79 Å². The van der Waals surface area contributed by atoms with Crippen molar-refractivity contribution in [3.05, 3.63) is 12.2 Å². The summed E-state index contributed by atoms with van der Waals surface area (Å²) in [4.78, 5) is 13.1. The van der Waals surface area contributed by atoms with Crippen LogP contribution in [0.3, 0.4) is 0 Å². The van der Waals surface area contributed by atoms with Crippen molar-refractivity contribution in [3.63, 3.8) is 0 Å². The molecule has 2 aliphatic heterocycles. The minimum absolute atomic E-state index is 0.240. The molecule has 14 nitrogen and oxygen atoms in total. The average Bonchev–Trinajstić information content (AvgIpc) is 3.24. The highest BCUT2D eigenvalue weighted by molar-refractivity contribution is 5.76. The summed E-state index contributed by atoms with van der Waals surface area (Å²) < 4.78 is 22.6. The lowest BCUT2D eigenvalue weighted by atomic mass is 9.97. The largest absolute Gasteiger partial charge is 0.394 e. The molecular weight excluding hydrogens is 774 g/mol. The van der Waals surface area contributed by atoms with E-state index in [-0.39, 0.29) is 18.9 Å². The van der Waals surface area contributed by atoms with Crippen LogP contribution in [0.2, 0.25) is 0 Å². The van der Waals surface area contributed by atoms with Gasteiger partial charge in [0, 0.05) is 6.42 Å². The lowest BCUT2D eigenvalue weighted by Gasteiger charge is -2.46. The number of nitrogens with one attached hydrogen (secondary N) is 1. The molecule has 0 bridgehead atoms. The first-order valence-corrected chi connectivity index (χ1v) is 23.9. The van der Waals surface area contributed by atoms with Crippen molar-refractivity contribution in [1.29, 1.82) is 0 Å². The van der Waals surface area contributed by atoms with Crippen LogP contribution in [-0.4, -0.2) is 140 Å². The maximum atomic E-state index is 13.1. The summed E-state index contributed by atoms with van der Waals surface area (Å²) in [6.07, 6.45) is 17.0. The number of carbonyl (C=O) groups is 1. The molecule has 9 N–H and O–H groups in total. The second-order valence-corrected chi connectivity index (χ2v) is 17.2. The number of hydrogen-bond acceptors (Lipinski definition) is 13. The Labute approximate surface area is 361 Å². The molecule has 0 radical (unpaired) electrons. The molecule has 0 aromatic carbocycles. The predicted octanol–water partition coefficient (Wildman–Crippen LogP) is 5.21. The molecule has 2 rings (SSSR count). The Bertz CT molecular complexity index is 1070. The highest BCUT2D eigenvalue weighted by atomic mass is 16.7. The molecular formula is C46H87NO13. The fraction of sp³-hybridized carbons (Fsp3) is 0.935. The van der Waals surface area contributed by atoms with Crippen molar-refractivity contribution in [2.45, 2.75) is 254 Å². The van der Waals surface area contributed by atoms with Crippen molar-refractivity contribution < 1.29 is 64.6 Å². The number of aliphatic hydroxyl groups excluding tert-OH is 8. The molecule has 0 aromatic rings. The first-order chi connectivity index (χ1) is 29.1. The first kappa shape index (κ1) is 54.9. The molecule has 1 amide bonds. The Morgan fingerprint density at radius 1 is 0.583 bits per heavy atom. The Balaban J connectivity index is 1.83. The third kappa shape index (κ3) is 21.9. The van der Waals surface area contributed by atoms with E-state index >= 15 is 0 Å². The molecule has 12 atom stereocenters. The monoisotopic (exact) mass is 862 g/mol. The number of hydrogen-bond donors (Lipinski definition) is 9. The molecule has 354 valence electrons. The zero-order valence-corrected chi connectivity index (χ0v) is 37.2. The molecule has 2 heterocycles. The van der Waals surface area contributed by atoms with Crippen molar-refractivity contribution in [2.75, 3.05) is 19.8 Å². The summed E-state index contributed by atoms with van der Waals surface area (Å²) in [6.45, 7) is 2.75. The van der Waals surface area contributed by atoms with Gasteiger partial charge >= 0.3 is 0 Å². The summed E-state index contributed by atoms with van der Waals surface area (Å²) in [5.74, 6) is -0.240. The fourth-order valence-corrected chi connectivity index (χ4v) is 8.00. The third-order valence-electron chi connectivity index (χ3n) is 12.0. The van der Waals surface area contributed by atoms with Crippen LogP contribution < -0.4 is 5.32 Å². The van der Waals surface area contributed by atoms with Crippen LogP contribution in [0.25, 0.3) is 0 Å². The number of ether oxygens (including phenoxy) is 4. The van der Waals surface area contributed by atoms with Crippen molar-refractivity contribution in [1.82, 2.24) is 5.32 Å². The minimum Gasteiger partial charge on any atom is -0.394 e. The second kappa shape index (κ2) is 34.2. The van der Waals surface area contributed by atoms with E-state index in [4.69, 9.17) is 18.9 Å². The van der Waals surface area contributed by atoms with Gasteiger partial charge in [0.05, 0.1) is 32.0 Å². The van der Waals surface area contributed by atoms with E-state index < -0.39 is 86.8 Å². The van der Waals surface area contributed by atoms with Gasteiger partial charge in [0.25, 0.3) is 0 Å². The van der Waals surface area contributed by atoms with E-state index in [2.05, 4.69) is 19.2 Å². The Morgan fingerprint density at radius 3 is 1.53 bits per heavy atom. The highest BCUT2D eigenvalue weighted by Gasteiger charge is 2.51. The molecule has 0 aliphatic carbocycles. The molecule has 4 unspecified atom stereocenters. The van der Waals surface area contributed by atoms with Crippen molar-refractivity contribution >= 4 is 5.91 Å². The minimum atomic E-state index is -1.78. The van der Waals surface area contributed by atoms with Gasteiger partial charge < -0.3 is 65.1 Å². The normalized spacial score (nSPS) is 28.3. The SMILES string of the molecule is CCCCCCCCC/C=C/[C@@H](O)[C@H](CO[C@@H]1O[C@H](CO)[C@@H](O[C@@H]2O[C@H](CO)[C@H](O)C(O)C2O)C(O)C1O)NC(=O)CCCCCCCCCCCCCCCCCCC. The smallest absolute Gasteiger partial charge is 0.220 e. The topological polar surface area (TPSA) is 228 Å². The van der Waals surface area contributed by atoms with Crippen LogP contribution in [0.5, 0.6) is 0 Å². The molecule has 0 spiro atoms. The van der Waals surface area contributed by atoms with Gasteiger partial charge in [0.15, 0.2) is 12.6 Å². The van der Waals surface area contributed by atoms with Crippen LogP contribution in [0.1, 0.15) is 181 Å². The zero-order chi connectivity index (χ0) is 44.0. The van der Waals surface area contributed by atoms with Gasteiger partial charge in [-0.15, -0.1) is 0 Å². The number of carbonyl (C=O) groups excluding carboxylic acids is 1. The summed E-state index contributed by atoms with van der Waals surface area (Å²) in [5.41, 5.74) is 0. The maximum absolute atomic E-state index is 13.1. The predicted molar refractivity (Wildman–Crippen MR) is 231 cm³/mol. The number of rotatable bonds is 36.